The molecule has 0 aliphatic heterocycles. The molecule has 12 heavy (non-hydrogen) atoms. The topological polar surface area (TPSA) is 90.2 Å². The van der Waals surface area contributed by atoms with E-state index >= 15 is 0 Å². The summed E-state index contributed by atoms with van der Waals surface area (Å²) in [6, 6.07) is 0. The third-order valence-electron chi connectivity index (χ3n) is 0.357. The number of halogens is 3. The van der Waals surface area contributed by atoms with Crippen LogP contribution >= 0.6 is 0 Å². The molecular weight excluding hydrogens is 184 g/mol. The second-order valence-electron chi connectivity index (χ2n) is 1.36. The first-order chi connectivity index (χ1) is 5.29. The fraction of sp³-hybridized carbons (Fsp3) is 1.00. The molecule has 0 rings (SSSR count). The molecule has 0 spiro atoms. The summed E-state index contributed by atoms with van der Waals surface area (Å²) >= 11 is 0. The number of aliphatic hydroxyl groups is 1. The average Bonchev–Trinajstić information content (AvgIpc) is 1.80. The van der Waals surface area contributed by atoms with Crippen LogP contribution in [-0.2, 0) is 4.74 Å². The molecule has 5 nitrogen and oxygen atoms in total. The van der Waals surface area contributed by atoms with Crippen molar-refractivity contribution in [3.63, 3.8) is 0 Å². The summed E-state index contributed by atoms with van der Waals surface area (Å²) in [6.45, 7) is -1.30. The molecular formula is C3H8BF3O5. The minimum atomic E-state index is -4.61. The van der Waals surface area contributed by atoms with Gasteiger partial charge in [-0.15, -0.1) is 13.2 Å². The molecule has 9 heteroatoms. The van der Waals surface area contributed by atoms with E-state index in [1.165, 1.54) is 0 Å². The third kappa shape index (κ3) is 33.4. The Bertz CT molecular complexity index is 93.7. The number of ether oxygens (including phenoxy) is 1. The Kier molecular flexibility index (Phi) is 8.65. The van der Waals surface area contributed by atoms with Crippen molar-refractivity contribution in [2.75, 3.05) is 13.2 Å². The van der Waals surface area contributed by atoms with E-state index in [-0.39, 0.29) is 0 Å². The van der Waals surface area contributed by atoms with Crippen LogP contribution in [0.3, 0.4) is 0 Å². The zero-order valence-corrected chi connectivity index (χ0v) is 5.82. The Hall–Kier alpha value is -0.345. The van der Waals surface area contributed by atoms with Gasteiger partial charge in [-0.25, -0.2) is 0 Å². The molecule has 74 valence electrons. The van der Waals surface area contributed by atoms with Crippen molar-refractivity contribution in [3.8, 4) is 0 Å². The van der Waals surface area contributed by atoms with Crippen LogP contribution in [0, 0.1) is 0 Å². The van der Waals surface area contributed by atoms with Gasteiger partial charge in [-0.05, 0) is 0 Å². The molecule has 0 unspecified atom stereocenters. The Labute approximate surface area is 66.2 Å². The average molecular weight is 192 g/mol. The van der Waals surface area contributed by atoms with E-state index in [4.69, 9.17) is 20.2 Å². The molecule has 0 bridgehead atoms. The molecule has 0 aromatic rings. The lowest BCUT2D eigenvalue weighted by molar-refractivity contribution is -0.326. The van der Waals surface area contributed by atoms with Crippen molar-refractivity contribution in [2.24, 2.45) is 0 Å². The molecule has 0 atom stereocenters. The second kappa shape index (κ2) is 7.31. The molecule has 0 amide bonds. The van der Waals surface area contributed by atoms with Crippen LogP contribution in [0.1, 0.15) is 0 Å². The van der Waals surface area contributed by atoms with E-state index in [0.717, 1.165) is 0 Å². The van der Waals surface area contributed by atoms with E-state index in [1.54, 1.807) is 0 Å². The van der Waals surface area contributed by atoms with Crippen molar-refractivity contribution in [1.82, 2.24) is 0 Å². The van der Waals surface area contributed by atoms with Gasteiger partial charge in [0.25, 0.3) is 0 Å². The van der Waals surface area contributed by atoms with Crippen molar-refractivity contribution in [1.29, 1.82) is 0 Å². The summed E-state index contributed by atoms with van der Waals surface area (Å²) in [4.78, 5) is 0. The van der Waals surface area contributed by atoms with Crippen LogP contribution < -0.4 is 0 Å². The Morgan fingerprint density at radius 2 is 1.50 bits per heavy atom. The smallest absolute Gasteiger partial charge is 0.402 e. The van der Waals surface area contributed by atoms with Crippen molar-refractivity contribution in [3.05, 3.63) is 0 Å². The van der Waals surface area contributed by atoms with E-state index in [1.807, 2.05) is 0 Å². The van der Waals surface area contributed by atoms with Gasteiger partial charge in [0, 0.05) is 0 Å². The standard InChI is InChI=1S/C3H5F3O2.BH3O3/c4-3(5,6)8-2-1-7;2-1(3)4/h7H,1-2H2;2-4H. The fourth-order valence-electron chi connectivity index (χ4n) is 0.161. The monoisotopic (exact) mass is 192 g/mol. The van der Waals surface area contributed by atoms with Crippen LogP contribution in [-0.4, -0.2) is 47.1 Å². The van der Waals surface area contributed by atoms with Gasteiger partial charge in [-0.3, -0.25) is 4.74 Å². The van der Waals surface area contributed by atoms with Crippen LogP contribution in [0.15, 0.2) is 0 Å². The molecule has 0 aromatic carbocycles. The predicted octanol–water partition coefficient (Wildman–Crippen LogP) is -1.54. The van der Waals surface area contributed by atoms with Crippen LogP contribution in [0.5, 0.6) is 0 Å². The molecule has 0 aliphatic carbocycles. The van der Waals surface area contributed by atoms with E-state index < -0.39 is 26.9 Å². The number of rotatable bonds is 2. The Morgan fingerprint density at radius 3 is 1.58 bits per heavy atom. The maximum absolute atomic E-state index is 10.9. The molecule has 0 radical (unpaired) electrons. The van der Waals surface area contributed by atoms with Crippen LogP contribution in [0.25, 0.3) is 0 Å². The molecule has 0 saturated carbocycles. The zero-order chi connectivity index (χ0) is 10.2. The van der Waals surface area contributed by atoms with Crippen LogP contribution in [0.2, 0.25) is 0 Å². The highest BCUT2D eigenvalue weighted by atomic mass is 19.4. The largest absolute Gasteiger partial charge is 0.631 e. The third-order valence-corrected chi connectivity index (χ3v) is 0.357. The Balaban J connectivity index is 0. The highest BCUT2D eigenvalue weighted by molar-refractivity contribution is 6.30. The second-order valence-corrected chi connectivity index (χ2v) is 1.36. The summed E-state index contributed by atoms with van der Waals surface area (Å²) in [6.07, 6.45) is -4.61. The lowest BCUT2D eigenvalue weighted by atomic mass is 10.3. The van der Waals surface area contributed by atoms with Crippen molar-refractivity contribution < 1.29 is 38.1 Å². The van der Waals surface area contributed by atoms with Gasteiger partial charge < -0.3 is 20.2 Å². The lowest BCUT2D eigenvalue weighted by Crippen LogP contribution is -2.15. The summed E-state index contributed by atoms with van der Waals surface area (Å²) in [5, 5.41) is 29.3. The lowest BCUT2D eigenvalue weighted by Gasteiger charge is -2.03. The van der Waals surface area contributed by atoms with Gasteiger partial charge >= 0.3 is 13.7 Å². The van der Waals surface area contributed by atoms with Gasteiger partial charge in [0.05, 0.1) is 13.2 Å². The number of hydrogen-bond acceptors (Lipinski definition) is 5. The normalized spacial score (nSPS) is 10.2. The highest BCUT2D eigenvalue weighted by Gasteiger charge is 2.28. The van der Waals surface area contributed by atoms with Crippen molar-refractivity contribution >= 4 is 7.32 Å². The first-order valence-corrected chi connectivity index (χ1v) is 2.65. The van der Waals surface area contributed by atoms with E-state index in [9.17, 15) is 13.2 Å². The van der Waals surface area contributed by atoms with Gasteiger partial charge in [-0.2, -0.15) is 0 Å². The highest BCUT2D eigenvalue weighted by Crippen LogP contribution is 2.14. The van der Waals surface area contributed by atoms with E-state index in [2.05, 4.69) is 4.74 Å². The van der Waals surface area contributed by atoms with Crippen molar-refractivity contribution in [2.45, 2.75) is 6.36 Å². The molecule has 4 N–H and O–H groups in total. The number of alkyl halides is 3. The minimum Gasteiger partial charge on any atom is -0.402 e. The molecule has 0 fully saturated rings. The summed E-state index contributed by atoms with van der Waals surface area (Å²) < 4.78 is 35.9. The molecule has 0 aromatic heterocycles. The summed E-state index contributed by atoms with van der Waals surface area (Å²) in [5.41, 5.74) is 0. The summed E-state index contributed by atoms with van der Waals surface area (Å²) in [7, 11) is -2.17. The molecule has 0 saturated heterocycles. The number of hydrogen-bond donors (Lipinski definition) is 4. The zero-order valence-electron chi connectivity index (χ0n) is 5.82. The maximum Gasteiger partial charge on any atom is 0.631 e. The molecule has 0 aliphatic rings. The maximum atomic E-state index is 10.9. The number of aliphatic hydroxyl groups excluding tert-OH is 1. The van der Waals surface area contributed by atoms with Gasteiger partial charge in [0.15, 0.2) is 0 Å². The van der Waals surface area contributed by atoms with Gasteiger partial charge in [-0.1, -0.05) is 0 Å². The fourth-order valence-corrected chi connectivity index (χ4v) is 0.161. The minimum absolute atomic E-state index is 0.612. The Morgan fingerprint density at radius 1 is 1.17 bits per heavy atom. The van der Waals surface area contributed by atoms with E-state index in [0.29, 0.717) is 0 Å². The quantitative estimate of drug-likeness (QED) is 0.398. The summed E-state index contributed by atoms with van der Waals surface area (Å²) in [5.74, 6) is 0. The van der Waals surface area contributed by atoms with Crippen LogP contribution in [0.4, 0.5) is 13.2 Å². The van der Waals surface area contributed by atoms with Gasteiger partial charge in [0.1, 0.15) is 0 Å². The SMILES string of the molecule is OB(O)O.OCCOC(F)(F)F. The van der Waals surface area contributed by atoms with Gasteiger partial charge in [0.2, 0.25) is 0 Å². The first kappa shape index (κ1) is 14.2. The molecule has 0 heterocycles. The first-order valence-electron chi connectivity index (χ1n) is 2.65. The predicted molar refractivity (Wildman–Crippen MR) is 31.5 cm³/mol.